The third-order valence-electron chi connectivity index (χ3n) is 3.39. The molecule has 1 heterocycles. The summed E-state index contributed by atoms with van der Waals surface area (Å²) in [7, 11) is 1.47. The van der Waals surface area contributed by atoms with Gasteiger partial charge in [-0.2, -0.15) is 5.10 Å². The molecule has 0 unspecified atom stereocenters. The number of amides is 1. The fourth-order valence-electron chi connectivity index (χ4n) is 2.15. The van der Waals surface area contributed by atoms with E-state index in [1.165, 1.54) is 12.0 Å². The van der Waals surface area contributed by atoms with Crippen LogP contribution >= 0.6 is 0 Å². The van der Waals surface area contributed by atoms with Gasteiger partial charge in [0.05, 0.1) is 25.4 Å². The quantitative estimate of drug-likeness (QED) is 0.842. The molecule has 122 valence electrons. The number of nitrogens with zero attached hydrogens (tertiary/aromatic N) is 3. The monoisotopic (exact) mass is 317 g/mol. The number of benzene rings is 1. The first-order chi connectivity index (χ1) is 11.1. The molecule has 0 atom stereocenters. The van der Waals surface area contributed by atoms with Crippen LogP contribution in [0.25, 0.3) is 5.69 Å². The number of methoxy groups -OCH3 is 1. The van der Waals surface area contributed by atoms with Crippen molar-refractivity contribution in [3.63, 3.8) is 0 Å². The van der Waals surface area contributed by atoms with Gasteiger partial charge < -0.3 is 14.7 Å². The topological polar surface area (TPSA) is 84.7 Å². The van der Waals surface area contributed by atoms with E-state index in [0.29, 0.717) is 12.3 Å². The van der Waals surface area contributed by atoms with E-state index in [1.807, 2.05) is 30.3 Å². The van der Waals surface area contributed by atoms with E-state index >= 15 is 0 Å². The molecule has 0 radical (unpaired) electrons. The van der Waals surface area contributed by atoms with Crippen LogP contribution in [0.4, 0.5) is 0 Å². The van der Waals surface area contributed by atoms with Gasteiger partial charge in [-0.1, -0.05) is 18.2 Å². The smallest absolute Gasteiger partial charge is 0.305 e. The summed E-state index contributed by atoms with van der Waals surface area (Å²) in [6.45, 7) is 2.32. The highest BCUT2D eigenvalue weighted by atomic mass is 16.5. The third kappa shape index (κ3) is 3.88. The van der Waals surface area contributed by atoms with Crippen molar-refractivity contribution in [3.8, 4) is 11.4 Å². The Kier molecular flexibility index (Phi) is 5.35. The van der Waals surface area contributed by atoms with Gasteiger partial charge in [-0.25, -0.2) is 4.68 Å². The lowest BCUT2D eigenvalue weighted by Crippen LogP contribution is -2.33. The van der Waals surface area contributed by atoms with Crippen LogP contribution in [0.3, 0.4) is 0 Å². The molecule has 0 aliphatic rings. The number of hydrogen-bond acceptors (Lipinski definition) is 4. The molecule has 0 fully saturated rings. The second kappa shape index (κ2) is 7.44. The van der Waals surface area contributed by atoms with Crippen LogP contribution in [-0.4, -0.2) is 51.9 Å². The van der Waals surface area contributed by atoms with Crippen LogP contribution in [0.2, 0.25) is 0 Å². The molecule has 1 N–H and O–H groups in total. The number of carbonyl (C=O) groups excluding carboxylic acids is 1. The zero-order valence-corrected chi connectivity index (χ0v) is 13.1. The Bertz CT molecular complexity index is 682. The van der Waals surface area contributed by atoms with Gasteiger partial charge in [0, 0.05) is 13.1 Å². The Balaban J connectivity index is 2.28. The zero-order valence-electron chi connectivity index (χ0n) is 13.1. The molecule has 0 aliphatic heterocycles. The van der Waals surface area contributed by atoms with Crippen molar-refractivity contribution in [2.45, 2.75) is 13.3 Å². The SMILES string of the molecule is CCN(CCC(=O)O)C(=O)c1nn(-c2ccccc2)cc1OC. The third-order valence-corrected chi connectivity index (χ3v) is 3.39. The van der Waals surface area contributed by atoms with Crippen LogP contribution in [0.15, 0.2) is 36.5 Å². The molecule has 2 aromatic rings. The average Bonchev–Trinajstić information content (AvgIpc) is 3.00. The largest absolute Gasteiger partial charge is 0.493 e. The van der Waals surface area contributed by atoms with Crippen molar-refractivity contribution in [2.75, 3.05) is 20.2 Å². The molecule has 2 rings (SSSR count). The van der Waals surface area contributed by atoms with Gasteiger partial charge in [0.1, 0.15) is 0 Å². The van der Waals surface area contributed by atoms with Crippen LogP contribution in [0.5, 0.6) is 5.75 Å². The summed E-state index contributed by atoms with van der Waals surface area (Å²) in [4.78, 5) is 24.7. The maximum absolute atomic E-state index is 12.6. The van der Waals surface area contributed by atoms with E-state index in [-0.39, 0.29) is 24.6 Å². The van der Waals surface area contributed by atoms with E-state index in [0.717, 1.165) is 5.69 Å². The van der Waals surface area contributed by atoms with Crippen LogP contribution in [-0.2, 0) is 4.79 Å². The number of carboxylic acids is 1. The van der Waals surface area contributed by atoms with Gasteiger partial charge in [0.25, 0.3) is 5.91 Å². The summed E-state index contributed by atoms with van der Waals surface area (Å²) >= 11 is 0. The summed E-state index contributed by atoms with van der Waals surface area (Å²) < 4.78 is 6.81. The molecule has 0 saturated carbocycles. The Morgan fingerprint density at radius 2 is 2.00 bits per heavy atom. The Morgan fingerprint density at radius 1 is 1.30 bits per heavy atom. The molecule has 0 spiro atoms. The van der Waals surface area contributed by atoms with Crippen molar-refractivity contribution < 1.29 is 19.4 Å². The van der Waals surface area contributed by atoms with Crippen molar-refractivity contribution in [1.29, 1.82) is 0 Å². The minimum Gasteiger partial charge on any atom is -0.493 e. The maximum Gasteiger partial charge on any atom is 0.305 e. The molecule has 1 aromatic carbocycles. The van der Waals surface area contributed by atoms with Gasteiger partial charge in [0.2, 0.25) is 0 Å². The number of para-hydroxylation sites is 1. The normalized spacial score (nSPS) is 10.3. The Morgan fingerprint density at radius 3 is 2.57 bits per heavy atom. The summed E-state index contributed by atoms with van der Waals surface area (Å²) in [6, 6.07) is 9.36. The highest BCUT2D eigenvalue weighted by Gasteiger charge is 2.23. The standard InChI is InChI=1S/C16H19N3O4/c1-3-18(10-9-14(20)21)16(22)15-13(23-2)11-19(17-15)12-7-5-4-6-8-12/h4-8,11H,3,9-10H2,1-2H3,(H,20,21). The lowest BCUT2D eigenvalue weighted by Gasteiger charge is -2.19. The summed E-state index contributed by atoms with van der Waals surface area (Å²) in [5.41, 5.74) is 0.974. The summed E-state index contributed by atoms with van der Waals surface area (Å²) in [6.07, 6.45) is 1.52. The van der Waals surface area contributed by atoms with Gasteiger partial charge in [0.15, 0.2) is 11.4 Å². The Hall–Kier alpha value is -2.83. The number of hydrogen-bond donors (Lipinski definition) is 1. The molecule has 0 bridgehead atoms. The maximum atomic E-state index is 12.6. The number of rotatable bonds is 7. The van der Waals surface area contributed by atoms with Gasteiger partial charge in [-0.3, -0.25) is 9.59 Å². The molecule has 0 saturated heterocycles. The fraction of sp³-hybridized carbons (Fsp3) is 0.312. The lowest BCUT2D eigenvalue weighted by atomic mass is 10.3. The average molecular weight is 317 g/mol. The minimum atomic E-state index is -0.946. The molecule has 7 heteroatoms. The number of carbonyl (C=O) groups is 2. The molecule has 7 nitrogen and oxygen atoms in total. The molecule has 1 amide bonds. The lowest BCUT2D eigenvalue weighted by molar-refractivity contribution is -0.137. The molecule has 1 aromatic heterocycles. The van der Waals surface area contributed by atoms with E-state index < -0.39 is 5.97 Å². The second-order valence-electron chi connectivity index (χ2n) is 4.85. The number of aromatic nitrogens is 2. The summed E-state index contributed by atoms with van der Waals surface area (Å²) in [5.74, 6) is -0.939. The first-order valence-corrected chi connectivity index (χ1v) is 7.27. The number of ether oxygens (including phenoxy) is 1. The van der Waals surface area contributed by atoms with Crippen LogP contribution in [0.1, 0.15) is 23.8 Å². The molecular formula is C16H19N3O4. The Labute approximate surface area is 134 Å². The number of aliphatic carboxylic acids is 1. The van der Waals surface area contributed by atoms with Crippen molar-refractivity contribution in [2.24, 2.45) is 0 Å². The first kappa shape index (κ1) is 16.5. The van der Waals surface area contributed by atoms with Crippen molar-refractivity contribution in [3.05, 3.63) is 42.2 Å². The predicted octanol–water partition coefficient (Wildman–Crippen LogP) is 1.82. The van der Waals surface area contributed by atoms with E-state index in [9.17, 15) is 9.59 Å². The fourth-order valence-corrected chi connectivity index (χ4v) is 2.15. The van der Waals surface area contributed by atoms with Crippen molar-refractivity contribution in [1.82, 2.24) is 14.7 Å². The van der Waals surface area contributed by atoms with Crippen LogP contribution < -0.4 is 4.74 Å². The summed E-state index contributed by atoms with van der Waals surface area (Å²) in [5, 5.41) is 13.1. The van der Waals surface area contributed by atoms with Gasteiger partial charge in [-0.05, 0) is 19.1 Å². The van der Waals surface area contributed by atoms with Gasteiger partial charge >= 0.3 is 5.97 Å². The first-order valence-electron chi connectivity index (χ1n) is 7.27. The molecule has 23 heavy (non-hydrogen) atoms. The van der Waals surface area contributed by atoms with Gasteiger partial charge in [-0.15, -0.1) is 0 Å². The van der Waals surface area contributed by atoms with Crippen LogP contribution in [0, 0.1) is 0 Å². The van der Waals surface area contributed by atoms with E-state index in [2.05, 4.69) is 5.10 Å². The predicted molar refractivity (Wildman–Crippen MR) is 83.9 cm³/mol. The molecular weight excluding hydrogens is 298 g/mol. The second-order valence-corrected chi connectivity index (χ2v) is 4.85. The van der Waals surface area contributed by atoms with Crippen molar-refractivity contribution >= 4 is 11.9 Å². The highest BCUT2D eigenvalue weighted by Crippen LogP contribution is 2.21. The highest BCUT2D eigenvalue weighted by molar-refractivity contribution is 5.95. The number of carboxylic acid groups (broad SMARTS) is 1. The molecule has 0 aliphatic carbocycles. The van der Waals surface area contributed by atoms with E-state index in [1.54, 1.807) is 17.8 Å². The zero-order chi connectivity index (χ0) is 16.8. The minimum absolute atomic E-state index is 0.110. The van der Waals surface area contributed by atoms with E-state index in [4.69, 9.17) is 9.84 Å².